The van der Waals surface area contributed by atoms with Gasteiger partial charge in [0, 0.05) is 11.5 Å². The molecule has 0 spiro atoms. The zero-order chi connectivity index (χ0) is 33.1. The third-order valence-corrected chi connectivity index (χ3v) is 9.51. The molecule has 5 unspecified atom stereocenters. The number of phenolic OH excluding ortho intramolecular Hbond substituents is 1. The molecule has 6 atom stereocenters. The van der Waals surface area contributed by atoms with Crippen molar-refractivity contribution in [2.24, 2.45) is 11.8 Å². The molecule has 0 bridgehead atoms. The third-order valence-electron chi connectivity index (χ3n) is 9.51. The van der Waals surface area contributed by atoms with Crippen molar-refractivity contribution in [3.63, 3.8) is 0 Å². The molecular formula is C31H41N5O9. The van der Waals surface area contributed by atoms with Crippen molar-refractivity contribution in [3.8, 4) is 5.75 Å². The summed E-state index contributed by atoms with van der Waals surface area (Å²) in [7, 11) is 6.37. The van der Waals surface area contributed by atoms with E-state index in [1.54, 1.807) is 32.0 Å². The molecule has 0 aromatic heterocycles. The number of benzene rings is 1. The summed E-state index contributed by atoms with van der Waals surface area (Å²) in [5.41, 5.74) is -4.09. The number of anilines is 1. The number of aliphatic hydroxyl groups is 4. The number of aromatic hydroxyl groups is 1. The fourth-order valence-electron chi connectivity index (χ4n) is 7.39. The summed E-state index contributed by atoms with van der Waals surface area (Å²) in [6.07, 6.45) is 0.225. The normalized spacial score (nSPS) is 30.0. The Bertz CT molecular complexity index is 1510. The molecule has 1 saturated carbocycles. The van der Waals surface area contributed by atoms with E-state index < -0.39 is 87.3 Å². The van der Waals surface area contributed by atoms with E-state index in [2.05, 4.69) is 10.6 Å². The van der Waals surface area contributed by atoms with E-state index in [0.717, 1.165) is 25.9 Å². The van der Waals surface area contributed by atoms with Gasteiger partial charge in [0.15, 0.2) is 11.4 Å². The minimum atomic E-state index is -2.97. The van der Waals surface area contributed by atoms with Crippen molar-refractivity contribution >= 4 is 34.8 Å². The number of ketones is 2. The summed E-state index contributed by atoms with van der Waals surface area (Å²) >= 11 is 0. The minimum absolute atomic E-state index is 0.00644. The first-order valence-electron chi connectivity index (χ1n) is 15.0. The van der Waals surface area contributed by atoms with Crippen LogP contribution in [0.2, 0.25) is 0 Å². The highest BCUT2D eigenvalue weighted by atomic mass is 16.4. The summed E-state index contributed by atoms with van der Waals surface area (Å²) in [5.74, 6) is -9.49. The number of phenols is 1. The monoisotopic (exact) mass is 627 g/mol. The molecule has 7 N–H and O–H groups in total. The van der Waals surface area contributed by atoms with Crippen LogP contribution in [0.5, 0.6) is 5.75 Å². The van der Waals surface area contributed by atoms with Gasteiger partial charge < -0.3 is 41.1 Å². The van der Waals surface area contributed by atoms with Gasteiger partial charge in [-0.15, -0.1) is 0 Å². The van der Waals surface area contributed by atoms with E-state index in [9.17, 15) is 44.7 Å². The van der Waals surface area contributed by atoms with E-state index in [1.165, 1.54) is 25.1 Å². The molecule has 5 rings (SSSR count). The molecule has 2 amide bonds. The van der Waals surface area contributed by atoms with Gasteiger partial charge in [0.2, 0.25) is 11.7 Å². The van der Waals surface area contributed by atoms with Gasteiger partial charge in [-0.2, -0.15) is 0 Å². The molecule has 1 aromatic rings. The molecule has 1 saturated heterocycles. The third kappa shape index (κ3) is 5.10. The van der Waals surface area contributed by atoms with Gasteiger partial charge in [0.05, 0.1) is 42.5 Å². The van der Waals surface area contributed by atoms with Crippen molar-refractivity contribution in [2.45, 2.75) is 43.4 Å². The maximum atomic E-state index is 14.3. The number of rotatable bonds is 7. The van der Waals surface area contributed by atoms with Crippen LogP contribution < -0.4 is 10.6 Å². The lowest BCUT2D eigenvalue weighted by Crippen LogP contribution is -2.70. The average Bonchev–Trinajstić information content (AvgIpc) is 3.48. The Hall–Kier alpha value is -3.82. The Morgan fingerprint density at radius 3 is 2.31 bits per heavy atom. The van der Waals surface area contributed by atoms with E-state index in [4.69, 9.17) is 0 Å². The molecule has 1 heterocycles. The Morgan fingerprint density at radius 2 is 1.71 bits per heavy atom. The average molecular weight is 628 g/mol. The lowest BCUT2D eigenvalue weighted by Gasteiger charge is -2.53. The molecule has 14 heteroatoms. The molecule has 4 aliphatic rings. The molecule has 2 fully saturated rings. The van der Waals surface area contributed by atoms with Gasteiger partial charge in [0.1, 0.15) is 22.8 Å². The van der Waals surface area contributed by atoms with Crippen molar-refractivity contribution in [2.75, 3.05) is 59.8 Å². The number of nitrogens with one attached hydrogen (secondary N) is 2. The van der Waals surface area contributed by atoms with Crippen LogP contribution in [0.15, 0.2) is 29.0 Å². The number of hydrogen-bond acceptors (Lipinski definition) is 12. The predicted octanol–water partition coefficient (Wildman–Crippen LogP) is -0.320. The van der Waals surface area contributed by atoms with Gasteiger partial charge >= 0.3 is 0 Å². The fourth-order valence-corrected chi connectivity index (χ4v) is 7.39. The van der Waals surface area contributed by atoms with Crippen LogP contribution >= 0.6 is 0 Å². The highest BCUT2D eigenvalue weighted by Crippen LogP contribution is 2.56. The van der Waals surface area contributed by atoms with Crippen LogP contribution in [0.25, 0.3) is 5.76 Å². The molecule has 1 aliphatic heterocycles. The molecular weight excluding hydrogens is 586 g/mol. The molecule has 14 nitrogen and oxygen atoms in total. The van der Waals surface area contributed by atoms with E-state index in [0.29, 0.717) is 5.56 Å². The topological polar surface area (TPSA) is 203 Å². The van der Waals surface area contributed by atoms with E-state index >= 15 is 0 Å². The number of Topliss-reactive ketones (excluding diaryl/α,β-unsaturated/α-hetero) is 2. The van der Waals surface area contributed by atoms with E-state index in [1.807, 2.05) is 4.90 Å². The van der Waals surface area contributed by atoms with Crippen LogP contribution in [-0.4, -0.2) is 136 Å². The zero-order valence-electron chi connectivity index (χ0n) is 26.0. The maximum absolute atomic E-state index is 14.3. The first-order valence-corrected chi connectivity index (χ1v) is 15.0. The standard InChI is InChI=1S/C31H41N5O9/c1-14-15-8-9-16(33-17(37)12-34(2)3)24(38)19(15)25(39)20-18(14)26(40)22-23(35(4)5)27(41)21(29(43)31(22,45)28(20)42)30(44)32-13-36-10-6-7-11-36/h8-9,14,18,22-23,26,38-40,43,45H,6-7,10-13H2,1-5H3,(H,32,44)(H,33,37)/t14?,18?,22?,23-,26?,31?/m0/s1. The maximum Gasteiger partial charge on any atom is 0.259 e. The minimum Gasteiger partial charge on any atom is -0.508 e. The second kappa shape index (κ2) is 11.8. The molecule has 3 aliphatic carbocycles. The van der Waals surface area contributed by atoms with Gasteiger partial charge in [-0.05, 0) is 71.7 Å². The van der Waals surface area contributed by atoms with Crippen molar-refractivity contribution in [1.82, 2.24) is 20.0 Å². The first-order chi connectivity index (χ1) is 21.1. The van der Waals surface area contributed by atoms with E-state index in [-0.39, 0.29) is 24.5 Å². The second-order valence-corrected chi connectivity index (χ2v) is 12.9. The Balaban J connectivity index is 1.63. The summed E-state index contributed by atoms with van der Waals surface area (Å²) in [4.78, 5) is 58.8. The zero-order valence-corrected chi connectivity index (χ0v) is 26.0. The number of amides is 2. The second-order valence-electron chi connectivity index (χ2n) is 12.9. The molecule has 1 aromatic carbocycles. The van der Waals surface area contributed by atoms with Crippen LogP contribution in [0.3, 0.4) is 0 Å². The highest BCUT2D eigenvalue weighted by Gasteiger charge is 2.68. The highest BCUT2D eigenvalue weighted by molar-refractivity contribution is 6.25. The van der Waals surface area contributed by atoms with Crippen molar-refractivity contribution in [1.29, 1.82) is 0 Å². The fraction of sp³-hybridized carbons (Fsp3) is 0.548. The van der Waals surface area contributed by atoms with Crippen LogP contribution in [0.4, 0.5) is 5.69 Å². The first kappa shape index (κ1) is 32.6. The van der Waals surface area contributed by atoms with Gasteiger partial charge in [0.25, 0.3) is 5.91 Å². The number of carbonyl (C=O) groups is 4. The molecule has 0 radical (unpaired) electrons. The largest absolute Gasteiger partial charge is 0.508 e. The number of likely N-dealkylation sites (N-methyl/N-ethyl adjacent to an activating group) is 2. The number of carbonyl (C=O) groups excluding carboxylic acids is 4. The number of likely N-dealkylation sites (tertiary alicyclic amines) is 1. The van der Waals surface area contributed by atoms with Crippen molar-refractivity contribution in [3.05, 3.63) is 40.2 Å². The number of fused-ring (bicyclic) bond motifs is 3. The smallest absolute Gasteiger partial charge is 0.259 e. The summed E-state index contributed by atoms with van der Waals surface area (Å²) in [6.45, 7) is 3.22. The molecule has 244 valence electrons. The molecule has 45 heavy (non-hydrogen) atoms. The van der Waals surface area contributed by atoms with Gasteiger partial charge in [-0.3, -0.25) is 29.0 Å². The number of nitrogens with zero attached hydrogens (tertiary/aromatic N) is 3. The van der Waals surface area contributed by atoms with Crippen LogP contribution in [0, 0.1) is 11.8 Å². The summed E-state index contributed by atoms with van der Waals surface area (Å²) in [5, 5.41) is 63.3. The van der Waals surface area contributed by atoms with Gasteiger partial charge in [-0.25, -0.2) is 0 Å². The number of aliphatic hydroxyl groups excluding tert-OH is 3. The number of hydrogen-bond donors (Lipinski definition) is 7. The van der Waals surface area contributed by atoms with Crippen LogP contribution in [-0.2, 0) is 19.2 Å². The Morgan fingerprint density at radius 1 is 1.07 bits per heavy atom. The lowest BCUT2D eigenvalue weighted by molar-refractivity contribution is -0.169. The van der Waals surface area contributed by atoms with Crippen molar-refractivity contribution < 1.29 is 44.7 Å². The SMILES string of the molecule is CC1c2ccc(NC(=O)CN(C)C)c(O)c2C(O)=C2C(=O)C3(O)C(O)=C(C(=O)NCN4CCCC4)C(=O)[C@@H](N(C)C)C3C(O)C21. The predicted molar refractivity (Wildman–Crippen MR) is 162 cm³/mol. The van der Waals surface area contributed by atoms with Crippen LogP contribution in [0.1, 0.15) is 36.8 Å². The summed E-state index contributed by atoms with van der Waals surface area (Å²) < 4.78 is 0. The lowest BCUT2D eigenvalue weighted by atomic mass is 9.54. The Labute approximate surface area is 260 Å². The quantitative estimate of drug-likeness (QED) is 0.154. The van der Waals surface area contributed by atoms with Gasteiger partial charge in [-0.1, -0.05) is 13.0 Å². The Kier molecular flexibility index (Phi) is 8.57. The summed E-state index contributed by atoms with van der Waals surface area (Å²) in [6, 6.07) is 1.60.